The van der Waals surface area contributed by atoms with Gasteiger partial charge in [0.25, 0.3) is 0 Å². The molecule has 17 heavy (non-hydrogen) atoms. The van der Waals surface area contributed by atoms with Crippen molar-refractivity contribution in [1.82, 2.24) is 10.3 Å². The minimum atomic E-state index is -0.113. The van der Waals surface area contributed by atoms with Crippen LogP contribution in [-0.4, -0.2) is 37.8 Å². The predicted molar refractivity (Wildman–Crippen MR) is 66.1 cm³/mol. The number of aldehydes is 1. The lowest BCUT2D eigenvalue weighted by Crippen LogP contribution is -2.34. The lowest BCUT2D eigenvalue weighted by atomic mass is 10.1. The summed E-state index contributed by atoms with van der Waals surface area (Å²) in [7, 11) is 3.48. The number of carbonyl (C=O) groups excluding carboxylic acids is 2. The average Bonchev–Trinajstić information content (AvgIpc) is 2.37. The van der Waals surface area contributed by atoms with E-state index in [2.05, 4.69) is 10.3 Å². The molecule has 0 aliphatic rings. The molecule has 0 aliphatic heterocycles. The highest BCUT2D eigenvalue weighted by Crippen LogP contribution is 2.10. The Morgan fingerprint density at radius 1 is 1.59 bits per heavy atom. The summed E-state index contributed by atoms with van der Waals surface area (Å²) in [6.07, 6.45) is 2.27. The van der Waals surface area contributed by atoms with Crippen LogP contribution >= 0.6 is 0 Å². The van der Waals surface area contributed by atoms with Crippen molar-refractivity contribution in [3.05, 3.63) is 23.9 Å². The van der Waals surface area contributed by atoms with E-state index in [0.29, 0.717) is 12.1 Å². The van der Waals surface area contributed by atoms with Crippen molar-refractivity contribution in [2.75, 3.05) is 25.5 Å². The van der Waals surface area contributed by atoms with E-state index in [1.54, 1.807) is 19.2 Å². The average molecular weight is 235 g/mol. The number of hydrogen-bond donors (Lipinski definition) is 1. The third-order valence-electron chi connectivity index (χ3n) is 2.54. The Labute approximate surface area is 101 Å². The number of nitrogens with one attached hydrogen (secondary N) is 1. The van der Waals surface area contributed by atoms with Crippen molar-refractivity contribution in [1.29, 1.82) is 0 Å². The molecule has 0 aromatic carbocycles. The maximum atomic E-state index is 11.4. The molecule has 0 saturated heterocycles. The minimum Gasteiger partial charge on any atom is -0.359 e. The quantitative estimate of drug-likeness (QED) is 0.764. The number of anilines is 1. The van der Waals surface area contributed by atoms with E-state index in [4.69, 9.17) is 0 Å². The van der Waals surface area contributed by atoms with Crippen molar-refractivity contribution < 1.29 is 9.59 Å². The lowest BCUT2D eigenvalue weighted by molar-refractivity contribution is -0.123. The van der Waals surface area contributed by atoms with Gasteiger partial charge in [-0.2, -0.15) is 0 Å². The van der Waals surface area contributed by atoms with Gasteiger partial charge in [-0.3, -0.25) is 9.59 Å². The summed E-state index contributed by atoms with van der Waals surface area (Å²) in [5.41, 5.74) is 0.543. The van der Waals surface area contributed by atoms with E-state index in [0.717, 1.165) is 12.1 Å². The van der Waals surface area contributed by atoms with Crippen LogP contribution in [0.4, 0.5) is 5.82 Å². The highest BCUT2D eigenvalue weighted by molar-refractivity contribution is 5.78. The molecule has 0 fully saturated rings. The van der Waals surface area contributed by atoms with Crippen LogP contribution in [0.1, 0.15) is 17.3 Å². The number of rotatable bonds is 5. The first kappa shape index (κ1) is 13.2. The Bertz CT molecular complexity index is 389. The van der Waals surface area contributed by atoms with Gasteiger partial charge in [0.1, 0.15) is 5.82 Å². The minimum absolute atomic E-state index is 0.00126. The third kappa shape index (κ3) is 3.55. The second kappa shape index (κ2) is 5.98. The van der Waals surface area contributed by atoms with Crippen LogP contribution in [0.15, 0.2) is 18.3 Å². The number of aromatic nitrogens is 1. The second-order valence-corrected chi connectivity index (χ2v) is 3.96. The first-order chi connectivity index (χ1) is 8.08. The van der Waals surface area contributed by atoms with E-state index >= 15 is 0 Å². The Hall–Kier alpha value is -1.91. The van der Waals surface area contributed by atoms with Gasteiger partial charge in [-0.05, 0) is 12.1 Å². The topological polar surface area (TPSA) is 62.3 Å². The van der Waals surface area contributed by atoms with Crippen LogP contribution < -0.4 is 10.2 Å². The Morgan fingerprint density at radius 3 is 2.76 bits per heavy atom. The molecule has 1 amide bonds. The van der Waals surface area contributed by atoms with Crippen molar-refractivity contribution in [2.45, 2.75) is 6.92 Å². The van der Waals surface area contributed by atoms with Gasteiger partial charge in [0, 0.05) is 32.4 Å². The predicted octanol–water partition coefficient (Wildman–Crippen LogP) is 0.712. The van der Waals surface area contributed by atoms with Gasteiger partial charge in [0.2, 0.25) is 5.91 Å². The fraction of sp³-hybridized carbons (Fsp3) is 0.417. The fourth-order valence-corrected chi connectivity index (χ4v) is 1.53. The highest BCUT2D eigenvalue weighted by Gasteiger charge is 2.14. The number of carbonyl (C=O) groups is 2. The van der Waals surface area contributed by atoms with Crippen LogP contribution in [0.25, 0.3) is 0 Å². The van der Waals surface area contributed by atoms with Crippen molar-refractivity contribution >= 4 is 18.0 Å². The van der Waals surface area contributed by atoms with Gasteiger partial charge in [-0.25, -0.2) is 4.98 Å². The lowest BCUT2D eigenvalue weighted by Gasteiger charge is -2.21. The second-order valence-electron chi connectivity index (χ2n) is 3.96. The molecule has 1 atom stereocenters. The van der Waals surface area contributed by atoms with Crippen molar-refractivity contribution in [3.8, 4) is 0 Å². The zero-order valence-electron chi connectivity index (χ0n) is 10.3. The van der Waals surface area contributed by atoms with Crippen LogP contribution in [0.5, 0.6) is 0 Å². The highest BCUT2D eigenvalue weighted by atomic mass is 16.1. The molecule has 92 valence electrons. The molecule has 0 spiro atoms. The number of pyridine rings is 1. The van der Waals surface area contributed by atoms with E-state index in [9.17, 15) is 9.59 Å². The Morgan fingerprint density at radius 2 is 2.29 bits per heavy atom. The summed E-state index contributed by atoms with van der Waals surface area (Å²) in [6.45, 7) is 2.43. The molecule has 1 rings (SSSR count). The maximum Gasteiger partial charge on any atom is 0.224 e. The van der Waals surface area contributed by atoms with Crippen LogP contribution in [0, 0.1) is 5.92 Å². The summed E-state index contributed by atoms with van der Waals surface area (Å²) in [5.74, 6) is 0.630. The van der Waals surface area contributed by atoms with Gasteiger partial charge < -0.3 is 10.2 Å². The van der Waals surface area contributed by atoms with Gasteiger partial charge in [-0.1, -0.05) is 6.92 Å². The van der Waals surface area contributed by atoms with Crippen LogP contribution in [-0.2, 0) is 4.79 Å². The summed E-state index contributed by atoms with van der Waals surface area (Å²) in [6, 6.07) is 3.47. The van der Waals surface area contributed by atoms with Gasteiger partial charge in [-0.15, -0.1) is 0 Å². The molecule has 0 radical (unpaired) electrons. The summed E-state index contributed by atoms with van der Waals surface area (Å²) in [4.78, 5) is 27.9. The number of amides is 1. The van der Waals surface area contributed by atoms with Crippen molar-refractivity contribution in [3.63, 3.8) is 0 Å². The normalized spacial score (nSPS) is 11.7. The monoisotopic (exact) mass is 235 g/mol. The molecule has 0 aliphatic carbocycles. The molecule has 0 bridgehead atoms. The molecule has 5 heteroatoms. The summed E-state index contributed by atoms with van der Waals surface area (Å²) in [5, 5.41) is 2.61. The Kier molecular flexibility index (Phi) is 4.63. The van der Waals surface area contributed by atoms with Gasteiger partial charge >= 0.3 is 0 Å². The molecular formula is C12H17N3O2. The molecule has 0 saturated carbocycles. The zero-order chi connectivity index (χ0) is 12.8. The SMILES string of the molecule is CNC(=O)C(C)CN(C)c1ccc(C=O)cn1. The van der Waals surface area contributed by atoms with Crippen molar-refractivity contribution in [2.24, 2.45) is 5.92 Å². The van der Waals surface area contributed by atoms with Gasteiger partial charge in [0.05, 0.1) is 5.92 Å². The van der Waals surface area contributed by atoms with Crippen LogP contribution in [0.3, 0.4) is 0 Å². The summed E-state index contributed by atoms with van der Waals surface area (Å²) < 4.78 is 0. The summed E-state index contributed by atoms with van der Waals surface area (Å²) >= 11 is 0. The molecular weight excluding hydrogens is 218 g/mol. The molecule has 1 unspecified atom stereocenters. The molecule has 1 aromatic rings. The van der Waals surface area contributed by atoms with E-state index in [-0.39, 0.29) is 11.8 Å². The number of nitrogens with zero attached hydrogens (tertiary/aromatic N) is 2. The maximum absolute atomic E-state index is 11.4. The number of hydrogen-bond acceptors (Lipinski definition) is 4. The molecule has 1 N–H and O–H groups in total. The third-order valence-corrected chi connectivity index (χ3v) is 2.54. The van der Waals surface area contributed by atoms with E-state index in [1.165, 1.54) is 6.20 Å². The molecule has 1 aromatic heterocycles. The van der Waals surface area contributed by atoms with E-state index < -0.39 is 0 Å². The fourth-order valence-electron chi connectivity index (χ4n) is 1.53. The van der Waals surface area contributed by atoms with E-state index in [1.807, 2.05) is 18.9 Å². The smallest absolute Gasteiger partial charge is 0.224 e. The van der Waals surface area contributed by atoms with Gasteiger partial charge in [0.15, 0.2) is 6.29 Å². The largest absolute Gasteiger partial charge is 0.359 e. The zero-order valence-corrected chi connectivity index (χ0v) is 10.3. The molecule has 5 nitrogen and oxygen atoms in total. The molecule has 1 heterocycles. The Balaban J connectivity index is 2.65. The first-order valence-electron chi connectivity index (χ1n) is 5.42. The van der Waals surface area contributed by atoms with Crippen LogP contribution in [0.2, 0.25) is 0 Å². The standard InChI is InChI=1S/C12H17N3O2/c1-9(12(17)13-2)7-15(3)11-5-4-10(8-16)6-14-11/h4-6,8-9H,7H2,1-3H3,(H,13,17). The first-order valence-corrected chi connectivity index (χ1v) is 5.42.